The Morgan fingerprint density at radius 3 is 2.76 bits per heavy atom. The van der Waals surface area contributed by atoms with Crippen molar-refractivity contribution in [2.45, 2.75) is 19.1 Å². The lowest BCUT2D eigenvalue weighted by molar-refractivity contribution is 0.228. The van der Waals surface area contributed by atoms with Gasteiger partial charge in [-0.1, -0.05) is 6.07 Å². The molecule has 0 radical (unpaired) electrons. The molecule has 1 aliphatic heterocycles. The molecule has 1 saturated heterocycles. The summed E-state index contributed by atoms with van der Waals surface area (Å²) in [6, 6.07) is 4.40. The van der Waals surface area contributed by atoms with E-state index < -0.39 is 15.7 Å². The van der Waals surface area contributed by atoms with E-state index in [2.05, 4.69) is 0 Å². The van der Waals surface area contributed by atoms with Crippen molar-refractivity contribution >= 4 is 9.84 Å². The monoisotopic (exact) mass is 259 g/mol. The molecule has 1 aromatic rings. The van der Waals surface area contributed by atoms with Gasteiger partial charge >= 0.3 is 0 Å². The van der Waals surface area contributed by atoms with E-state index in [1.165, 1.54) is 6.07 Å². The zero-order valence-electron chi connectivity index (χ0n) is 9.23. The van der Waals surface area contributed by atoms with Crippen LogP contribution < -0.4 is 10.5 Å². The Labute approximate surface area is 99.5 Å². The van der Waals surface area contributed by atoms with Crippen LogP contribution in [-0.4, -0.2) is 26.0 Å². The van der Waals surface area contributed by atoms with Gasteiger partial charge in [-0.2, -0.15) is 0 Å². The van der Waals surface area contributed by atoms with Crippen LogP contribution in [0, 0.1) is 5.82 Å². The summed E-state index contributed by atoms with van der Waals surface area (Å²) >= 11 is 0. The first-order chi connectivity index (χ1) is 8.00. The zero-order valence-corrected chi connectivity index (χ0v) is 10.0. The van der Waals surface area contributed by atoms with Gasteiger partial charge < -0.3 is 10.5 Å². The number of hydrogen-bond donors (Lipinski definition) is 1. The normalized spacial score (nSPS) is 22.6. The lowest BCUT2D eigenvalue weighted by Gasteiger charge is -2.12. The van der Waals surface area contributed by atoms with Crippen LogP contribution in [0.3, 0.4) is 0 Å². The zero-order chi connectivity index (χ0) is 12.5. The predicted octanol–water partition coefficient (Wildman–Crippen LogP) is 0.850. The van der Waals surface area contributed by atoms with Crippen LogP contribution in [0.2, 0.25) is 0 Å². The first-order valence-electron chi connectivity index (χ1n) is 5.36. The van der Waals surface area contributed by atoms with Crippen LogP contribution in [0.5, 0.6) is 5.75 Å². The number of benzene rings is 1. The van der Waals surface area contributed by atoms with Crippen molar-refractivity contribution in [1.82, 2.24) is 0 Å². The van der Waals surface area contributed by atoms with Crippen molar-refractivity contribution in [1.29, 1.82) is 0 Å². The molecule has 1 fully saturated rings. The number of hydrogen-bond acceptors (Lipinski definition) is 4. The molecular weight excluding hydrogens is 245 g/mol. The Hall–Kier alpha value is -1.14. The molecule has 17 heavy (non-hydrogen) atoms. The first-order valence-corrected chi connectivity index (χ1v) is 7.18. The maximum absolute atomic E-state index is 13.4. The molecule has 0 saturated carbocycles. The van der Waals surface area contributed by atoms with Gasteiger partial charge in [-0.05, 0) is 12.5 Å². The fraction of sp³-hybridized carbons (Fsp3) is 0.455. The van der Waals surface area contributed by atoms with E-state index in [0.29, 0.717) is 17.7 Å². The minimum Gasteiger partial charge on any atom is -0.489 e. The SMILES string of the molecule is NCc1ccc(OC2CCS(=O)(=O)C2)cc1F. The molecule has 0 bridgehead atoms. The molecule has 2 N–H and O–H groups in total. The molecular formula is C11H14FNO3S. The second-order valence-corrected chi connectivity index (χ2v) is 6.33. The van der Waals surface area contributed by atoms with Crippen LogP contribution in [0.1, 0.15) is 12.0 Å². The van der Waals surface area contributed by atoms with Gasteiger partial charge in [0.05, 0.1) is 11.5 Å². The summed E-state index contributed by atoms with van der Waals surface area (Å²) in [7, 11) is -2.98. The number of sulfone groups is 1. The van der Waals surface area contributed by atoms with Gasteiger partial charge in [0.1, 0.15) is 17.7 Å². The van der Waals surface area contributed by atoms with E-state index >= 15 is 0 Å². The summed E-state index contributed by atoms with van der Waals surface area (Å²) in [6.07, 6.45) is 0.0888. The van der Waals surface area contributed by atoms with Crippen LogP contribution >= 0.6 is 0 Å². The van der Waals surface area contributed by atoms with Crippen LogP contribution in [-0.2, 0) is 16.4 Å². The van der Waals surface area contributed by atoms with Crippen molar-refractivity contribution in [2.75, 3.05) is 11.5 Å². The maximum Gasteiger partial charge on any atom is 0.154 e. The van der Waals surface area contributed by atoms with Gasteiger partial charge in [0.15, 0.2) is 9.84 Å². The summed E-state index contributed by atoms with van der Waals surface area (Å²) in [4.78, 5) is 0. The van der Waals surface area contributed by atoms with Gasteiger partial charge in [-0.25, -0.2) is 12.8 Å². The molecule has 1 aliphatic rings. The molecule has 1 heterocycles. The van der Waals surface area contributed by atoms with Gasteiger partial charge in [0, 0.05) is 18.2 Å². The van der Waals surface area contributed by atoms with Crippen molar-refractivity contribution < 1.29 is 17.5 Å². The van der Waals surface area contributed by atoms with Crippen LogP contribution in [0.4, 0.5) is 4.39 Å². The molecule has 0 aromatic heterocycles. The topological polar surface area (TPSA) is 69.4 Å². The smallest absolute Gasteiger partial charge is 0.154 e. The van der Waals surface area contributed by atoms with Crippen molar-refractivity contribution in [3.8, 4) is 5.75 Å². The van der Waals surface area contributed by atoms with Gasteiger partial charge in [-0.15, -0.1) is 0 Å². The van der Waals surface area contributed by atoms with E-state index in [0.717, 1.165) is 0 Å². The minimum atomic E-state index is -2.98. The highest BCUT2D eigenvalue weighted by atomic mass is 32.2. The number of halogens is 1. The standard InChI is InChI=1S/C11H14FNO3S/c12-11-5-9(2-1-8(11)6-13)16-10-3-4-17(14,15)7-10/h1-2,5,10H,3-4,6-7,13H2. The molecule has 4 nitrogen and oxygen atoms in total. The van der Waals surface area contributed by atoms with E-state index in [9.17, 15) is 12.8 Å². The molecule has 1 unspecified atom stereocenters. The summed E-state index contributed by atoms with van der Waals surface area (Å²) in [5, 5.41) is 0. The fourth-order valence-corrected chi connectivity index (χ4v) is 3.40. The molecule has 1 atom stereocenters. The summed E-state index contributed by atoms with van der Waals surface area (Å²) in [6.45, 7) is 0.129. The fourth-order valence-electron chi connectivity index (χ4n) is 1.81. The van der Waals surface area contributed by atoms with Crippen LogP contribution in [0.25, 0.3) is 0 Å². The van der Waals surface area contributed by atoms with E-state index in [1.807, 2.05) is 0 Å². The quantitative estimate of drug-likeness (QED) is 0.873. The number of rotatable bonds is 3. The highest BCUT2D eigenvalue weighted by molar-refractivity contribution is 7.91. The minimum absolute atomic E-state index is 0.00720. The summed E-state index contributed by atoms with van der Waals surface area (Å²) in [5.41, 5.74) is 5.75. The van der Waals surface area contributed by atoms with E-state index in [-0.39, 0.29) is 24.2 Å². The Morgan fingerprint density at radius 2 is 2.24 bits per heavy atom. The largest absolute Gasteiger partial charge is 0.489 e. The summed E-state index contributed by atoms with van der Waals surface area (Å²) in [5.74, 6) is 0.0709. The average Bonchev–Trinajstić information content (AvgIpc) is 2.58. The molecule has 0 aliphatic carbocycles. The highest BCUT2D eigenvalue weighted by Gasteiger charge is 2.29. The molecule has 0 spiro atoms. The number of nitrogens with two attached hydrogens (primary N) is 1. The second kappa shape index (κ2) is 4.62. The first kappa shape index (κ1) is 12.3. The van der Waals surface area contributed by atoms with Gasteiger partial charge in [0.25, 0.3) is 0 Å². The lowest BCUT2D eigenvalue weighted by Crippen LogP contribution is -2.17. The third kappa shape index (κ3) is 2.95. The van der Waals surface area contributed by atoms with E-state index in [4.69, 9.17) is 10.5 Å². The Morgan fingerprint density at radius 1 is 1.47 bits per heavy atom. The molecule has 0 amide bonds. The Balaban J connectivity index is 2.07. The third-order valence-corrected chi connectivity index (χ3v) is 4.48. The summed E-state index contributed by atoms with van der Waals surface area (Å²) < 4.78 is 41.3. The number of ether oxygens (including phenoxy) is 1. The second-order valence-electron chi connectivity index (χ2n) is 4.10. The average molecular weight is 259 g/mol. The highest BCUT2D eigenvalue weighted by Crippen LogP contribution is 2.21. The van der Waals surface area contributed by atoms with Gasteiger partial charge in [0.2, 0.25) is 0 Å². The van der Waals surface area contributed by atoms with E-state index in [1.54, 1.807) is 12.1 Å². The predicted molar refractivity (Wildman–Crippen MR) is 62.0 cm³/mol. The van der Waals surface area contributed by atoms with Crippen LogP contribution in [0.15, 0.2) is 18.2 Å². The van der Waals surface area contributed by atoms with Gasteiger partial charge in [-0.3, -0.25) is 0 Å². The van der Waals surface area contributed by atoms with Crippen molar-refractivity contribution in [2.24, 2.45) is 5.73 Å². The molecule has 6 heteroatoms. The molecule has 2 rings (SSSR count). The molecule has 1 aromatic carbocycles. The third-order valence-electron chi connectivity index (χ3n) is 2.74. The maximum atomic E-state index is 13.4. The lowest BCUT2D eigenvalue weighted by atomic mass is 10.2. The van der Waals surface area contributed by atoms with Crippen molar-refractivity contribution in [3.05, 3.63) is 29.6 Å². The Bertz CT molecular complexity index is 515. The van der Waals surface area contributed by atoms with Crippen molar-refractivity contribution in [3.63, 3.8) is 0 Å². The molecule has 94 valence electrons. The Kier molecular flexibility index (Phi) is 3.35.